The highest BCUT2D eigenvalue weighted by molar-refractivity contribution is 5.39. The molecule has 1 fully saturated rings. The molecule has 1 atom stereocenters. The lowest BCUT2D eigenvalue weighted by Gasteiger charge is -2.16. The van der Waals surface area contributed by atoms with Crippen LogP contribution in [-0.4, -0.2) is 19.2 Å². The van der Waals surface area contributed by atoms with Crippen molar-refractivity contribution >= 4 is 0 Å². The molecule has 0 aromatic heterocycles. The average Bonchev–Trinajstić information content (AvgIpc) is 3.18. The number of aryl methyl sites for hydroxylation is 1. The van der Waals surface area contributed by atoms with Crippen LogP contribution in [-0.2, 0) is 0 Å². The SMILES string of the molecule is Cc1ccc(C(C)C)c(OCCNC(C)C2CC2)c1. The van der Waals surface area contributed by atoms with Gasteiger partial charge in [-0.2, -0.15) is 0 Å². The van der Waals surface area contributed by atoms with E-state index in [1.807, 2.05) is 0 Å². The molecule has 0 amide bonds. The highest BCUT2D eigenvalue weighted by Gasteiger charge is 2.27. The van der Waals surface area contributed by atoms with Crippen molar-refractivity contribution in [3.63, 3.8) is 0 Å². The summed E-state index contributed by atoms with van der Waals surface area (Å²) in [6.45, 7) is 10.5. The highest BCUT2D eigenvalue weighted by Crippen LogP contribution is 2.32. The van der Waals surface area contributed by atoms with Crippen LogP contribution in [0, 0.1) is 12.8 Å². The molecule has 2 nitrogen and oxygen atoms in total. The molecule has 2 rings (SSSR count). The van der Waals surface area contributed by atoms with Crippen molar-refractivity contribution in [2.24, 2.45) is 5.92 Å². The van der Waals surface area contributed by atoms with E-state index in [2.05, 4.69) is 51.2 Å². The molecule has 1 saturated carbocycles. The van der Waals surface area contributed by atoms with E-state index in [0.29, 0.717) is 12.0 Å². The number of rotatable bonds is 7. The summed E-state index contributed by atoms with van der Waals surface area (Å²) in [6.07, 6.45) is 2.79. The van der Waals surface area contributed by atoms with Gasteiger partial charge >= 0.3 is 0 Å². The fraction of sp³-hybridized carbons (Fsp3) is 0.647. The molecule has 0 saturated heterocycles. The molecule has 106 valence electrons. The first kappa shape index (κ1) is 14.4. The van der Waals surface area contributed by atoms with Gasteiger partial charge in [-0.25, -0.2) is 0 Å². The monoisotopic (exact) mass is 261 g/mol. The lowest BCUT2D eigenvalue weighted by atomic mass is 10.0. The van der Waals surface area contributed by atoms with Crippen LogP contribution < -0.4 is 10.1 Å². The molecule has 1 unspecified atom stereocenters. The number of benzene rings is 1. The van der Waals surface area contributed by atoms with E-state index in [-0.39, 0.29) is 0 Å². The summed E-state index contributed by atoms with van der Waals surface area (Å²) < 4.78 is 5.97. The summed E-state index contributed by atoms with van der Waals surface area (Å²) in [6, 6.07) is 7.15. The molecule has 0 bridgehead atoms. The number of hydrogen-bond acceptors (Lipinski definition) is 2. The van der Waals surface area contributed by atoms with Gasteiger partial charge in [-0.05, 0) is 55.7 Å². The Hall–Kier alpha value is -1.02. The predicted octanol–water partition coefficient (Wildman–Crippen LogP) is 3.89. The van der Waals surface area contributed by atoms with Gasteiger partial charge in [0.05, 0.1) is 0 Å². The Morgan fingerprint density at radius 3 is 2.63 bits per heavy atom. The summed E-state index contributed by atoms with van der Waals surface area (Å²) in [4.78, 5) is 0. The molecule has 0 aliphatic heterocycles. The first-order valence-electron chi connectivity index (χ1n) is 7.54. The first-order chi connectivity index (χ1) is 9.08. The molecule has 0 radical (unpaired) electrons. The molecule has 1 aliphatic carbocycles. The van der Waals surface area contributed by atoms with E-state index < -0.39 is 0 Å². The van der Waals surface area contributed by atoms with Crippen molar-refractivity contribution < 1.29 is 4.74 Å². The maximum atomic E-state index is 5.97. The minimum atomic E-state index is 0.508. The molecular weight excluding hydrogens is 234 g/mol. The summed E-state index contributed by atoms with van der Waals surface area (Å²) in [5.41, 5.74) is 2.57. The highest BCUT2D eigenvalue weighted by atomic mass is 16.5. The minimum Gasteiger partial charge on any atom is -0.492 e. The van der Waals surface area contributed by atoms with Gasteiger partial charge < -0.3 is 10.1 Å². The number of nitrogens with one attached hydrogen (secondary N) is 1. The molecule has 1 aliphatic rings. The predicted molar refractivity (Wildman–Crippen MR) is 81.0 cm³/mol. The Kier molecular flexibility index (Phi) is 4.87. The van der Waals surface area contributed by atoms with Crippen LogP contribution in [0.15, 0.2) is 18.2 Å². The summed E-state index contributed by atoms with van der Waals surface area (Å²) >= 11 is 0. The lowest BCUT2D eigenvalue weighted by Crippen LogP contribution is -2.31. The van der Waals surface area contributed by atoms with Gasteiger partial charge in [0.1, 0.15) is 12.4 Å². The second kappa shape index (κ2) is 6.42. The normalized spacial score (nSPS) is 16.7. The maximum absolute atomic E-state index is 5.97. The van der Waals surface area contributed by atoms with Gasteiger partial charge in [0, 0.05) is 12.6 Å². The van der Waals surface area contributed by atoms with E-state index in [1.54, 1.807) is 0 Å². The van der Waals surface area contributed by atoms with Crippen molar-refractivity contribution in [2.75, 3.05) is 13.2 Å². The molecule has 0 spiro atoms. The van der Waals surface area contributed by atoms with Crippen LogP contribution in [0.25, 0.3) is 0 Å². The Bertz CT molecular complexity index is 410. The van der Waals surface area contributed by atoms with Gasteiger partial charge in [-0.1, -0.05) is 26.0 Å². The topological polar surface area (TPSA) is 21.3 Å². The van der Waals surface area contributed by atoms with Crippen molar-refractivity contribution in [3.05, 3.63) is 29.3 Å². The summed E-state index contributed by atoms with van der Waals surface area (Å²) in [5.74, 6) is 2.47. The molecule has 0 heterocycles. The smallest absolute Gasteiger partial charge is 0.123 e. The Morgan fingerprint density at radius 1 is 1.26 bits per heavy atom. The van der Waals surface area contributed by atoms with Gasteiger partial charge in [0.25, 0.3) is 0 Å². The van der Waals surface area contributed by atoms with E-state index in [1.165, 1.54) is 24.0 Å². The Morgan fingerprint density at radius 2 is 2.00 bits per heavy atom. The zero-order valence-corrected chi connectivity index (χ0v) is 12.7. The van der Waals surface area contributed by atoms with Crippen LogP contribution in [0.5, 0.6) is 5.75 Å². The Balaban J connectivity index is 1.82. The largest absolute Gasteiger partial charge is 0.492 e. The van der Waals surface area contributed by atoms with Gasteiger partial charge in [0.2, 0.25) is 0 Å². The zero-order valence-electron chi connectivity index (χ0n) is 12.7. The molecular formula is C17H27NO. The fourth-order valence-corrected chi connectivity index (χ4v) is 2.45. The molecule has 19 heavy (non-hydrogen) atoms. The average molecular weight is 261 g/mol. The van der Waals surface area contributed by atoms with Gasteiger partial charge in [-0.3, -0.25) is 0 Å². The van der Waals surface area contributed by atoms with Crippen LogP contribution >= 0.6 is 0 Å². The van der Waals surface area contributed by atoms with E-state index in [9.17, 15) is 0 Å². The lowest BCUT2D eigenvalue weighted by molar-refractivity contribution is 0.299. The maximum Gasteiger partial charge on any atom is 0.123 e. The zero-order chi connectivity index (χ0) is 13.8. The van der Waals surface area contributed by atoms with Crippen LogP contribution in [0.2, 0.25) is 0 Å². The molecule has 1 N–H and O–H groups in total. The van der Waals surface area contributed by atoms with Gasteiger partial charge in [-0.15, -0.1) is 0 Å². The van der Waals surface area contributed by atoms with Gasteiger partial charge in [0.15, 0.2) is 0 Å². The third kappa shape index (κ3) is 4.24. The van der Waals surface area contributed by atoms with Crippen LogP contribution in [0.3, 0.4) is 0 Å². The second-order valence-corrected chi connectivity index (χ2v) is 6.12. The van der Waals surface area contributed by atoms with Crippen molar-refractivity contribution in [1.82, 2.24) is 5.32 Å². The number of hydrogen-bond donors (Lipinski definition) is 1. The van der Waals surface area contributed by atoms with E-state index in [4.69, 9.17) is 4.74 Å². The fourth-order valence-electron chi connectivity index (χ4n) is 2.45. The van der Waals surface area contributed by atoms with Crippen molar-refractivity contribution in [3.8, 4) is 5.75 Å². The summed E-state index contributed by atoms with van der Waals surface area (Å²) in [7, 11) is 0. The third-order valence-electron chi connectivity index (χ3n) is 3.95. The minimum absolute atomic E-state index is 0.508. The standard InChI is InChI=1S/C17H27NO/c1-12(2)16-8-5-13(3)11-17(16)19-10-9-18-14(4)15-6-7-15/h5,8,11-12,14-15,18H,6-7,9-10H2,1-4H3. The van der Waals surface area contributed by atoms with Crippen molar-refractivity contribution in [2.45, 2.75) is 52.5 Å². The Labute approximate surface area is 117 Å². The quantitative estimate of drug-likeness (QED) is 0.752. The second-order valence-electron chi connectivity index (χ2n) is 6.12. The van der Waals surface area contributed by atoms with E-state index >= 15 is 0 Å². The van der Waals surface area contributed by atoms with Crippen LogP contribution in [0.1, 0.15) is 50.7 Å². The first-order valence-corrected chi connectivity index (χ1v) is 7.54. The van der Waals surface area contributed by atoms with Crippen LogP contribution in [0.4, 0.5) is 0 Å². The third-order valence-corrected chi connectivity index (χ3v) is 3.95. The van der Waals surface area contributed by atoms with E-state index in [0.717, 1.165) is 24.8 Å². The number of ether oxygens (including phenoxy) is 1. The molecule has 1 aromatic carbocycles. The molecule has 1 aromatic rings. The van der Waals surface area contributed by atoms with Crippen molar-refractivity contribution in [1.29, 1.82) is 0 Å². The summed E-state index contributed by atoms with van der Waals surface area (Å²) in [5, 5.41) is 3.55. The molecule has 2 heteroatoms.